The van der Waals surface area contributed by atoms with Crippen molar-refractivity contribution >= 4 is 11.5 Å². The van der Waals surface area contributed by atoms with Crippen LogP contribution in [0.2, 0.25) is 0 Å². The number of morpholine rings is 1. The van der Waals surface area contributed by atoms with Gasteiger partial charge in [0.25, 0.3) is 0 Å². The third-order valence-corrected chi connectivity index (χ3v) is 3.29. The smallest absolute Gasteiger partial charge is 0.164 e. The molecule has 1 aromatic rings. The number of Topliss-reactive ketones (excluding diaryl/α,β-unsaturated/α-hetero) is 1. The maximum Gasteiger partial charge on any atom is 0.164 e. The molecule has 0 saturated carbocycles. The van der Waals surface area contributed by atoms with Crippen LogP contribution in [0.25, 0.3) is 0 Å². The predicted molar refractivity (Wildman–Crippen MR) is 73.3 cm³/mol. The summed E-state index contributed by atoms with van der Waals surface area (Å²) >= 11 is 0. The number of hydrogen-bond donors (Lipinski definition) is 0. The lowest BCUT2D eigenvalue weighted by Crippen LogP contribution is -2.46. The fraction of sp³-hybridized carbons (Fsp3) is 0.533. The molecular weight excluding hydrogens is 226 g/mol. The first kappa shape index (κ1) is 13.1. The standard InChI is InChI=1S/C15H21NO2/c1-4-15(17)13-7-5-6-8-14(13)16-9-11(2)18-12(3)10-16/h5-8,11-12H,4,9-10H2,1-3H3/t11-,12+. The highest BCUT2D eigenvalue weighted by atomic mass is 16.5. The number of ether oxygens (including phenoxy) is 1. The van der Waals surface area contributed by atoms with Gasteiger partial charge in [0.05, 0.1) is 12.2 Å². The van der Waals surface area contributed by atoms with Crippen LogP contribution in [0, 0.1) is 0 Å². The lowest BCUT2D eigenvalue weighted by molar-refractivity contribution is -0.00526. The number of benzene rings is 1. The molecule has 0 bridgehead atoms. The van der Waals surface area contributed by atoms with E-state index in [0.717, 1.165) is 24.3 Å². The molecule has 1 saturated heterocycles. The van der Waals surface area contributed by atoms with Crippen LogP contribution >= 0.6 is 0 Å². The van der Waals surface area contributed by atoms with Gasteiger partial charge in [-0.2, -0.15) is 0 Å². The Balaban J connectivity index is 2.29. The molecule has 2 rings (SSSR count). The molecule has 18 heavy (non-hydrogen) atoms. The van der Waals surface area contributed by atoms with Gasteiger partial charge >= 0.3 is 0 Å². The topological polar surface area (TPSA) is 29.5 Å². The largest absolute Gasteiger partial charge is 0.372 e. The molecule has 0 radical (unpaired) electrons. The van der Waals surface area contributed by atoms with Gasteiger partial charge in [0.2, 0.25) is 0 Å². The molecule has 1 heterocycles. The van der Waals surface area contributed by atoms with E-state index < -0.39 is 0 Å². The lowest BCUT2D eigenvalue weighted by atomic mass is 10.0. The van der Waals surface area contributed by atoms with Crippen LogP contribution in [0.15, 0.2) is 24.3 Å². The predicted octanol–water partition coefficient (Wildman–Crippen LogP) is 2.89. The summed E-state index contributed by atoms with van der Waals surface area (Å²) in [7, 11) is 0. The van der Waals surface area contributed by atoms with Gasteiger partial charge in [-0.15, -0.1) is 0 Å². The lowest BCUT2D eigenvalue weighted by Gasteiger charge is -2.37. The molecule has 0 N–H and O–H groups in total. The van der Waals surface area contributed by atoms with Crippen LogP contribution in [0.1, 0.15) is 37.6 Å². The summed E-state index contributed by atoms with van der Waals surface area (Å²) in [6.45, 7) is 7.75. The van der Waals surface area contributed by atoms with Crippen LogP contribution < -0.4 is 4.90 Å². The number of carbonyl (C=O) groups excluding carboxylic acids is 1. The molecule has 0 amide bonds. The van der Waals surface area contributed by atoms with E-state index in [1.54, 1.807) is 0 Å². The molecule has 1 aliphatic heterocycles. The summed E-state index contributed by atoms with van der Waals surface area (Å²) in [6.07, 6.45) is 0.962. The van der Waals surface area contributed by atoms with Crippen LogP contribution in [-0.4, -0.2) is 31.1 Å². The fourth-order valence-electron chi connectivity index (χ4n) is 2.55. The van der Waals surface area contributed by atoms with E-state index in [1.807, 2.05) is 31.2 Å². The van der Waals surface area contributed by atoms with Crippen LogP contribution in [0.5, 0.6) is 0 Å². The minimum atomic E-state index is 0.206. The molecule has 0 spiro atoms. The van der Waals surface area contributed by atoms with E-state index in [0.29, 0.717) is 6.42 Å². The Kier molecular flexibility index (Phi) is 4.02. The monoisotopic (exact) mass is 247 g/mol. The number of ketones is 1. The molecule has 0 aromatic heterocycles. The minimum absolute atomic E-state index is 0.206. The summed E-state index contributed by atoms with van der Waals surface area (Å²) in [5.74, 6) is 0.206. The van der Waals surface area contributed by atoms with Gasteiger partial charge in [0, 0.05) is 30.8 Å². The van der Waals surface area contributed by atoms with Crippen molar-refractivity contribution in [2.75, 3.05) is 18.0 Å². The molecular formula is C15H21NO2. The first-order chi connectivity index (χ1) is 8.61. The average Bonchev–Trinajstić information content (AvgIpc) is 2.36. The molecule has 2 atom stereocenters. The van der Waals surface area contributed by atoms with Gasteiger partial charge in [-0.05, 0) is 26.0 Å². The van der Waals surface area contributed by atoms with Crippen molar-refractivity contribution in [1.29, 1.82) is 0 Å². The summed E-state index contributed by atoms with van der Waals surface area (Å²) in [4.78, 5) is 14.2. The second-order valence-corrected chi connectivity index (χ2v) is 4.96. The van der Waals surface area contributed by atoms with Gasteiger partial charge in [-0.3, -0.25) is 4.79 Å². The normalized spacial score (nSPS) is 24.1. The summed E-state index contributed by atoms with van der Waals surface area (Å²) in [6, 6.07) is 7.88. The number of para-hydroxylation sites is 1. The Morgan fingerprint density at radius 1 is 1.28 bits per heavy atom. The molecule has 0 aliphatic carbocycles. The van der Waals surface area contributed by atoms with Crippen molar-refractivity contribution in [1.82, 2.24) is 0 Å². The van der Waals surface area contributed by atoms with E-state index in [2.05, 4.69) is 18.7 Å². The molecule has 3 heteroatoms. The Bertz CT molecular complexity index is 420. The number of nitrogens with zero attached hydrogens (tertiary/aromatic N) is 1. The first-order valence-electron chi connectivity index (χ1n) is 6.64. The second kappa shape index (κ2) is 5.53. The fourth-order valence-corrected chi connectivity index (χ4v) is 2.55. The molecule has 0 unspecified atom stereocenters. The van der Waals surface area contributed by atoms with E-state index in [1.165, 1.54) is 0 Å². The summed E-state index contributed by atoms with van der Waals surface area (Å²) < 4.78 is 5.74. The number of anilines is 1. The molecule has 98 valence electrons. The van der Waals surface area contributed by atoms with E-state index in [9.17, 15) is 4.79 Å². The summed E-state index contributed by atoms with van der Waals surface area (Å²) in [5.41, 5.74) is 1.88. The molecule has 1 fully saturated rings. The van der Waals surface area contributed by atoms with E-state index in [4.69, 9.17) is 4.74 Å². The van der Waals surface area contributed by atoms with Crippen LogP contribution in [0.3, 0.4) is 0 Å². The van der Waals surface area contributed by atoms with Crippen molar-refractivity contribution in [3.8, 4) is 0 Å². The van der Waals surface area contributed by atoms with E-state index in [-0.39, 0.29) is 18.0 Å². The third-order valence-electron chi connectivity index (χ3n) is 3.29. The van der Waals surface area contributed by atoms with Crippen LogP contribution in [-0.2, 0) is 4.74 Å². The highest BCUT2D eigenvalue weighted by molar-refractivity contribution is 6.01. The van der Waals surface area contributed by atoms with Gasteiger partial charge in [-0.25, -0.2) is 0 Å². The van der Waals surface area contributed by atoms with Crippen LogP contribution in [0.4, 0.5) is 5.69 Å². The zero-order valence-corrected chi connectivity index (χ0v) is 11.3. The Hall–Kier alpha value is -1.35. The number of carbonyl (C=O) groups is 1. The van der Waals surface area contributed by atoms with Gasteiger partial charge in [0.1, 0.15) is 0 Å². The quantitative estimate of drug-likeness (QED) is 0.769. The second-order valence-electron chi connectivity index (χ2n) is 4.96. The van der Waals surface area contributed by atoms with E-state index >= 15 is 0 Å². The molecule has 3 nitrogen and oxygen atoms in total. The Morgan fingerprint density at radius 3 is 2.50 bits per heavy atom. The first-order valence-corrected chi connectivity index (χ1v) is 6.64. The van der Waals surface area contributed by atoms with Gasteiger partial charge in [0.15, 0.2) is 5.78 Å². The van der Waals surface area contributed by atoms with Crippen molar-refractivity contribution in [2.45, 2.75) is 39.4 Å². The maximum absolute atomic E-state index is 12.0. The zero-order valence-electron chi connectivity index (χ0n) is 11.3. The minimum Gasteiger partial charge on any atom is -0.372 e. The zero-order chi connectivity index (χ0) is 13.1. The SMILES string of the molecule is CCC(=O)c1ccccc1N1C[C@@H](C)O[C@@H](C)C1. The van der Waals surface area contributed by atoms with Crippen molar-refractivity contribution < 1.29 is 9.53 Å². The average molecular weight is 247 g/mol. The van der Waals surface area contributed by atoms with Crippen molar-refractivity contribution in [3.05, 3.63) is 29.8 Å². The number of rotatable bonds is 3. The van der Waals surface area contributed by atoms with Crippen molar-refractivity contribution in [3.63, 3.8) is 0 Å². The Morgan fingerprint density at radius 2 is 1.89 bits per heavy atom. The number of hydrogen-bond acceptors (Lipinski definition) is 3. The Labute approximate surface area is 109 Å². The maximum atomic E-state index is 12.0. The van der Waals surface area contributed by atoms with Gasteiger partial charge in [-0.1, -0.05) is 19.1 Å². The summed E-state index contributed by atoms with van der Waals surface area (Å²) in [5, 5.41) is 0. The molecule has 1 aromatic carbocycles. The van der Waals surface area contributed by atoms with Gasteiger partial charge < -0.3 is 9.64 Å². The molecule has 1 aliphatic rings. The third kappa shape index (κ3) is 2.72. The highest BCUT2D eigenvalue weighted by Gasteiger charge is 2.24. The van der Waals surface area contributed by atoms with Crippen molar-refractivity contribution in [2.24, 2.45) is 0 Å². The highest BCUT2D eigenvalue weighted by Crippen LogP contribution is 2.25.